The Morgan fingerprint density at radius 3 is 1.30 bits per heavy atom. The standard InChI is InChI=1S/C43H29N5O4S2/c1-51-30-20-16-26(17-21-30)38(49)40-36(32(24-44)42(53-40)46-28-10-5-3-6-11-28)34-14-9-15-35(48-34)37-33(25-45)43(47-29-12-7-4-8-13-29)54-41(37)39(50)27-18-22-31(52-2)23-19-27/h3-23,46-47H,1-2H3. The van der Waals surface area contributed by atoms with Gasteiger partial charge in [0, 0.05) is 33.6 Å². The van der Waals surface area contributed by atoms with Crippen LogP contribution < -0.4 is 20.1 Å². The molecule has 7 rings (SSSR count). The average Bonchev–Trinajstić information content (AvgIpc) is 3.78. The fourth-order valence-corrected chi connectivity index (χ4v) is 8.11. The van der Waals surface area contributed by atoms with E-state index in [-0.39, 0.29) is 22.7 Å². The molecular formula is C43H29N5O4S2. The number of nitrogens with zero attached hydrogens (tertiary/aromatic N) is 3. The molecule has 0 bridgehead atoms. The van der Waals surface area contributed by atoms with Gasteiger partial charge in [0.25, 0.3) is 0 Å². The van der Waals surface area contributed by atoms with Crippen LogP contribution in [0, 0.1) is 22.7 Å². The minimum atomic E-state index is -0.305. The summed E-state index contributed by atoms with van der Waals surface area (Å²) in [6.45, 7) is 0. The van der Waals surface area contributed by atoms with Crippen LogP contribution in [0.15, 0.2) is 127 Å². The van der Waals surface area contributed by atoms with Gasteiger partial charge >= 0.3 is 0 Å². The lowest BCUT2D eigenvalue weighted by molar-refractivity contribution is 0.103. The zero-order valence-corrected chi connectivity index (χ0v) is 30.5. The molecule has 0 fully saturated rings. The topological polar surface area (TPSA) is 137 Å². The number of anilines is 4. The van der Waals surface area contributed by atoms with E-state index in [9.17, 15) is 20.1 Å². The second-order valence-corrected chi connectivity index (χ2v) is 13.8. The molecule has 0 spiro atoms. The van der Waals surface area contributed by atoms with Crippen LogP contribution in [0.3, 0.4) is 0 Å². The van der Waals surface area contributed by atoms with Crippen molar-refractivity contribution in [3.05, 3.63) is 159 Å². The molecule has 262 valence electrons. The Bertz CT molecular complexity index is 2390. The van der Waals surface area contributed by atoms with Crippen LogP contribution in [-0.4, -0.2) is 30.8 Å². The minimum absolute atomic E-state index is 0.233. The van der Waals surface area contributed by atoms with Crippen molar-refractivity contribution in [2.75, 3.05) is 24.9 Å². The molecular weight excluding hydrogens is 715 g/mol. The highest BCUT2D eigenvalue weighted by atomic mass is 32.1. The molecule has 0 radical (unpaired) electrons. The zero-order valence-electron chi connectivity index (χ0n) is 28.9. The van der Waals surface area contributed by atoms with E-state index in [1.54, 1.807) is 80.9 Å². The minimum Gasteiger partial charge on any atom is -0.497 e. The van der Waals surface area contributed by atoms with Crippen molar-refractivity contribution < 1.29 is 19.1 Å². The quantitative estimate of drug-likeness (QED) is 0.117. The predicted octanol–water partition coefficient (Wildman–Crippen LogP) is 10.2. The first-order valence-corrected chi connectivity index (χ1v) is 18.2. The van der Waals surface area contributed by atoms with Gasteiger partial charge in [0.1, 0.15) is 33.6 Å². The lowest BCUT2D eigenvalue weighted by Crippen LogP contribution is -2.03. The fraction of sp³-hybridized carbons (Fsp3) is 0.0465. The van der Waals surface area contributed by atoms with Gasteiger partial charge in [-0.1, -0.05) is 42.5 Å². The van der Waals surface area contributed by atoms with E-state index in [1.807, 2.05) is 60.7 Å². The summed E-state index contributed by atoms with van der Waals surface area (Å²) in [5.74, 6) is 0.587. The van der Waals surface area contributed by atoms with Crippen LogP contribution in [0.4, 0.5) is 21.4 Å². The van der Waals surface area contributed by atoms with Crippen molar-refractivity contribution >= 4 is 55.6 Å². The number of benzene rings is 4. The van der Waals surface area contributed by atoms with Crippen molar-refractivity contribution in [2.45, 2.75) is 0 Å². The van der Waals surface area contributed by atoms with Gasteiger partial charge in [0.2, 0.25) is 11.6 Å². The normalized spacial score (nSPS) is 10.5. The molecule has 0 saturated carbocycles. The number of methoxy groups -OCH3 is 2. The number of carbonyl (C=O) groups excluding carboxylic acids is 2. The first-order valence-electron chi connectivity index (χ1n) is 16.6. The highest BCUT2D eigenvalue weighted by molar-refractivity contribution is 7.19. The lowest BCUT2D eigenvalue weighted by Gasteiger charge is -2.09. The van der Waals surface area contributed by atoms with E-state index in [0.717, 1.165) is 34.0 Å². The average molecular weight is 744 g/mol. The maximum absolute atomic E-state index is 14.3. The Balaban J connectivity index is 1.41. The molecule has 0 aliphatic rings. The molecule has 0 aliphatic heterocycles. The number of hydrogen-bond acceptors (Lipinski definition) is 11. The van der Waals surface area contributed by atoms with Crippen LogP contribution in [0.2, 0.25) is 0 Å². The molecule has 0 aliphatic carbocycles. The number of aromatic nitrogens is 1. The first kappa shape index (κ1) is 35.4. The molecule has 11 heteroatoms. The summed E-state index contributed by atoms with van der Waals surface area (Å²) in [5, 5.41) is 28.8. The molecule has 2 N–H and O–H groups in total. The first-order chi connectivity index (χ1) is 26.4. The molecule has 0 amide bonds. The van der Waals surface area contributed by atoms with E-state index >= 15 is 0 Å². The van der Waals surface area contributed by atoms with Crippen molar-refractivity contribution in [1.29, 1.82) is 10.5 Å². The molecule has 54 heavy (non-hydrogen) atoms. The van der Waals surface area contributed by atoms with Gasteiger partial charge in [-0.25, -0.2) is 4.98 Å². The van der Waals surface area contributed by atoms with E-state index < -0.39 is 0 Å². The summed E-state index contributed by atoms with van der Waals surface area (Å²) in [4.78, 5) is 34.1. The van der Waals surface area contributed by atoms with E-state index in [4.69, 9.17) is 14.5 Å². The lowest BCUT2D eigenvalue weighted by atomic mass is 9.98. The Hall–Kier alpha value is -7.05. The number of nitriles is 2. The second-order valence-electron chi connectivity index (χ2n) is 11.7. The summed E-state index contributed by atoms with van der Waals surface area (Å²) in [5.41, 5.74) is 4.08. The number of hydrogen-bond donors (Lipinski definition) is 2. The van der Waals surface area contributed by atoms with Crippen molar-refractivity contribution in [3.63, 3.8) is 0 Å². The smallest absolute Gasteiger partial charge is 0.203 e. The Labute approximate surface area is 319 Å². The van der Waals surface area contributed by atoms with Gasteiger partial charge in [0.15, 0.2) is 0 Å². The Kier molecular flexibility index (Phi) is 10.3. The summed E-state index contributed by atoms with van der Waals surface area (Å²) in [6.07, 6.45) is 0. The van der Waals surface area contributed by atoms with Crippen LogP contribution in [0.5, 0.6) is 11.5 Å². The Morgan fingerprint density at radius 2 is 0.944 bits per heavy atom. The largest absolute Gasteiger partial charge is 0.497 e. The highest BCUT2D eigenvalue weighted by Crippen LogP contribution is 2.45. The van der Waals surface area contributed by atoms with Gasteiger partial charge in [-0.15, -0.1) is 22.7 Å². The van der Waals surface area contributed by atoms with Crippen LogP contribution in [0.25, 0.3) is 22.5 Å². The summed E-state index contributed by atoms with van der Waals surface area (Å²) < 4.78 is 10.6. The third-order valence-corrected chi connectivity index (χ3v) is 10.7. The maximum Gasteiger partial charge on any atom is 0.203 e. The molecule has 7 aromatic rings. The number of carbonyl (C=O) groups is 2. The summed E-state index contributed by atoms with van der Waals surface area (Å²) >= 11 is 2.31. The number of nitrogens with one attached hydrogen (secondary N) is 2. The molecule has 3 heterocycles. The molecule has 0 atom stereocenters. The number of para-hydroxylation sites is 2. The SMILES string of the molecule is COc1ccc(C(=O)c2sc(Nc3ccccc3)c(C#N)c2-c2cccc(-c3c(C(=O)c4ccc(OC)cc4)sc(Nc4ccccc4)c3C#N)n2)cc1. The van der Waals surface area contributed by atoms with Gasteiger partial charge in [0.05, 0.1) is 46.5 Å². The number of rotatable bonds is 12. The van der Waals surface area contributed by atoms with Crippen molar-refractivity contribution in [3.8, 4) is 46.2 Å². The van der Waals surface area contributed by atoms with Crippen molar-refractivity contribution in [1.82, 2.24) is 4.98 Å². The van der Waals surface area contributed by atoms with Crippen LogP contribution in [0.1, 0.15) is 41.6 Å². The van der Waals surface area contributed by atoms with Gasteiger partial charge < -0.3 is 20.1 Å². The number of pyridine rings is 1. The number of thiophene rings is 2. The fourth-order valence-electron chi connectivity index (χ4n) is 5.83. The molecule has 4 aromatic carbocycles. The third kappa shape index (κ3) is 7.05. The molecule has 9 nitrogen and oxygen atoms in total. The number of ketones is 2. The second kappa shape index (κ2) is 15.7. The maximum atomic E-state index is 14.3. The van der Waals surface area contributed by atoms with Gasteiger partial charge in [-0.3, -0.25) is 9.59 Å². The Morgan fingerprint density at radius 1 is 0.556 bits per heavy atom. The van der Waals surface area contributed by atoms with Crippen LogP contribution in [-0.2, 0) is 0 Å². The number of ether oxygens (including phenoxy) is 2. The summed E-state index contributed by atoms with van der Waals surface area (Å²) in [7, 11) is 3.10. The molecule has 0 unspecified atom stereocenters. The zero-order chi connectivity index (χ0) is 37.6. The van der Waals surface area contributed by atoms with E-state index in [2.05, 4.69) is 22.8 Å². The van der Waals surface area contributed by atoms with Gasteiger partial charge in [-0.05, 0) is 84.9 Å². The molecule has 3 aromatic heterocycles. The summed E-state index contributed by atoms with van der Waals surface area (Å²) in [6, 6.07) is 42.1. The van der Waals surface area contributed by atoms with Gasteiger partial charge in [-0.2, -0.15) is 10.5 Å². The van der Waals surface area contributed by atoms with E-state index in [0.29, 0.717) is 64.9 Å². The van der Waals surface area contributed by atoms with E-state index in [1.165, 1.54) is 0 Å². The third-order valence-electron chi connectivity index (χ3n) is 8.48. The van der Waals surface area contributed by atoms with Crippen molar-refractivity contribution in [2.24, 2.45) is 0 Å². The highest BCUT2D eigenvalue weighted by Gasteiger charge is 2.29. The monoisotopic (exact) mass is 743 g/mol. The molecule has 0 saturated heterocycles. The van der Waals surface area contributed by atoms with Crippen LogP contribution >= 0.6 is 22.7 Å². The predicted molar refractivity (Wildman–Crippen MR) is 213 cm³/mol.